The lowest BCUT2D eigenvalue weighted by molar-refractivity contribution is 0.100. The Morgan fingerprint density at radius 3 is 2.66 bits per heavy atom. The molecule has 35 heavy (non-hydrogen) atoms. The van der Waals surface area contributed by atoms with Crippen molar-refractivity contribution < 1.29 is 4.79 Å². The van der Waals surface area contributed by atoms with E-state index < -0.39 is 5.91 Å². The summed E-state index contributed by atoms with van der Waals surface area (Å²) in [5.41, 5.74) is 11.0. The molecule has 2 aromatic heterocycles. The molecule has 0 bridgehead atoms. The molecule has 1 saturated heterocycles. The number of hydrogen-bond acceptors (Lipinski definition) is 5. The molecule has 8 heteroatoms. The van der Waals surface area contributed by atoms with Gasteiger partial charge in [0.1, 0.15) is 11.3 Å². The molecule has 0 spiro atoms. The third kappa shape index (κ3) is 5.14. The zero-order chi connectivity index (χ0) is 24.5. The summed E-state index contributed by atoms with van der Waals surface area (Å²) in [7, 11) is 2.17. The molecule has 0 saturated carbocycles. The minimum Gasteiger partial charge on any atom is -0.365 e. The molecule has 3 heterocycles. The van der Waals surface area contributed by atoms with Gasteiger partial charge in [0.2, 0.25) is 0 Å². The summed E-state index contributed by atoms with van der Waals surface area (Å²) in [6.45, 7) is 7.40. The number of nitrogens with zero attached hydrogens (tertiary/aromatic N) is 4. The number of aromatic nitrogens is 2. The molecule has 0 unspecified atom stereocenters. The van der Waals surface area contributed by atoms with Crippen LogP contribution in [0.25, 0.3) is 16.0 Å². The van der Waals surface area contributed by atoms with Gasteiger partial charge >= 0.3 is 0 Å². The SMILES string of the molecule is C[C@@H](Cc1cc(-n2cnc3ccc(CN4CCN(C)CC4)cc32)sc1C(N)=O)c1ccccc1Cl. The molecule has 0 radical (unpaired) electrons. The first kappa shape index (κ1) is 24.0. The summed E-state index contributed by atoms with van der Waals surface area (Å²) in [6.07, 6.45) is 2.52. The quantitative estimate of drug-likeness (QED) is 0.385. The molecule has 0 aliphatic carbocycles. The van der Waals surface area contributed by atoms with Gasteiger partial charge in [-0.1, -0.05) is 42.8 Å². The minimum atomic E-state index is -0.400. The second-order valence-electron chi connectivity index (χ2n) is 9.45. The first-order valence-corrected chi connectivity index (χ1v) is 13.1. The predicted octanol–water partition coefficient (Wildman–Crippen LogP) is 4.93. The zero-order valence-corrected chi connectivity index (χ0v) is 21.6. The van der Waals surface area contributed by atoms with Crippen molar-refractivity contribution in [3.63, 3.8) is 0 Å². The Kier molecular flexibility index (Phi) is 6.93. The first-order chi connectivity index (χ1) is 16.9. The van der Waals surface area contributed by atoms with E-state index in [-0.39, 0.29) is 5.92 Å². The molecular formula is C27H30ClN5OS. The van der Waals surface area contributed by atoms with E-state index in [0.717, 1.165) is 64.9 Å². The Bertz CT molecular complexity index is 1350. The van der Waals surface area contributed by atoms with Gasteiger partial charge in [0.15, 0.2) is 0 Å². The highest BCUT2D eigenvalue weighted by Gasteiger charge is 2.20. The Morgan fingerprint density at radius 1 is 1.14 bits per heavy atom. The fraction of sp³-hybridized carbons (Fsp3) is 0.333. The number of amides is 1. The molecule has 1 amide bonds. The number of carbonyl (C=O) groups excluding carboxylic acids is 1. The van der Waals surface area contributed by atoms with E-state index in [1.165, 1.54) is 16.9 Å². The molecule has 1 fully saturated rings. The van der Waals surface area contributed by atoms with Gasteiger partial charge < -0.3 is 10.6 Å². The van der Waals surface area contributed by atoms with Crippen molar-refractivity contribution in [2.75, 3.05) is 33.2 Å². The van der Waals surface area contributed by atoms with Gasteiger partial charge in [-0.3, -0.25) is 14.3 Å². The molecule has 2 aromatic carbocycles. The number of halogens is 1. The van der Waals surface area contributed by atoms with E-state index in [0.29, 0.717) is 11.3 Å². The number of likely N-dealkylation sites (N-methyl/N-ethyl adjacent to an activating group) is 1. The van der Waals surface area contributed by atoms with Gasteiger partial charge in [0.25, 0.3) is 5.91 Å². The van der Waals surface area contributed by atoms with Crippen molar-refractivity contribution in [2.24, 2.45) is 5.73 Å². The molecule has 1 aliphatic heterocycles. The van der Waals surface area contributed by atoms with Crippen molar-refractivity contribution in [1.82, 2.24) is 19.4 Å². The number of imidazole rings is 1. The Labute approximate surface area is 214 Å². The highest BCUT2D eigenvalue weighted by Crippen LogP contribution is 2.34. The van der Waals surface area contributed by atoms with E-state index in [9.17, 15) is 4.79 Å². The molecule has 2 N–H and O–H groups in total. The minimum absolute atomic E-state index is 0.152. The number of hydrogen-bond donors (Lipinski definition) is 1. The molecular weight excluding hydrogens is 478 g/mol. The van der Waals surface area contributed by atoms with E-state index in [1.54, 1.807) is 0 Å². The largest absolute Gasteiger partial charge is 0.365 e. The number of piperazine rings is 1. The standard InChI is InChI=1S/C27H30ClN5OS/c1-18(21-5-3-4-6-22(21)28)13-20-15-25(35-26(20)27(29)34)33-17-30-23-8-7-19(14-24(23)33)16-32-11-9-31(2)10-12-32/h3-8,14-15,17-18H,9-13,16H2,1-2H3,(H2,29,34)/t18-/m0/s1. The number of thiophene rings is 1. The second kappa shape index (κ2) is 10.1. The first-order valence-electron chi connectivity index (χ1n) is 11.9. The third-order valence-corrected chi connectivity index (χ3v) is 8.37. The second-order valence-corrected chi connectivity index (χ2v) is 10.9. The normalized spacial score (nSPS) is 16.1. The van der Waals surface area contributed by atoms with Crippen LogP contribution in [0.5, 0.6) is 0 Å². The van der Waals surface area contributed by atoms with Gasteiger partial charge in [-0.15, -0.1) is 11.3 Å². The predicted molar refractivity (Wildman–Crippen MR) is 144 cm³/mol. The summed E-state index contributed by atoms with van der Waals surface area (Å²) in [6, 6.07) is 16.4. The van der Waals surface area contributed by atoms with Crippen LogP contribution >= 0.6 is 22.9 Å². The van der Waals surface area contributed by atoms with Gasteiger partial charge in [-0.25, -0.2) is 4.98 Å². The smallest absolute Gasteiger partial charge is 0.259 e. The molecule has 4 aromatic rings. The van der Waals surface area contributed by atoms with Crippen molar-refractivity contribution >= 4 is 39.9 Å². The van der Waals surface area contributed by atoms with Crippen LogP contribution in [0.2, 0.25) is 5.02 Å². The van der Waals surface area contributed by atoms with E-state index in [4.69, 9.17) is 17.3 Å². The average Bonchev–Trinajstić information content (AvgIpc) is 3.44. The number of fused-ring (bicyclic) bond motifs is 1. The molecule has 5 rings (SSSR count). The number of nitrogens with two attached hydrogens (primary N) is 1. The Morgan fingerprint density at radius 2 is 1.91 bits per heavy atom. The lowest BCUT2D eigenvalue weighted by atomic mass is 9.94. The number of primary amides is 1. The van der Waals surface area contributed by atoms with Gasteiger partial charge in [0, 0.05) is 37.7 Å². The molecule has 1 atom stereocenters. The van der Waals surface area contributed by atoms with Crippen LogP contribution in [0.3, 0.4) is 0 Å². The number of carbonyl (C=O) groups is 1. The van der Waals surface area contributed by atoms with Crippen LogP contribution in [0.4, 0.5) is 0 Å². The van der Waals surface area contributed by atoms with Crippen LogP contribution < -0.4 is 5.73 Å². The Hall–Kier alpha value is -2.71. The van der Waals surface area contributed by atoms with E-state index in [2.05, 4.69) is 57.6 Å². The van der Waals surface area contributed by atoms with Gasteiger partial charge in [-0.05, 0) is 60.3 Å². The summed E-state index contributed by atoms with van der Waals surface area (Å²) in [5.74, 6) is -0.248. The summed E-state index contributed by atoms with van der Waals surface area (Å²) in [4.78, 5) is 22.4. The van der Waals surface area contributed by atoms with Crippen LogP contribution in [0, 0.1) is 0 Å². The van der Waals surface area contributed by atoms with Crippen LogP contribution in [0.1, 0.15) is 39.2 Å². The van der Waals surface area contributed by atoms with Crippen molar-refractivity contribution in [2.45, 2.75) is 25.8 Å². The molecule has 6 nitrogen and oxygen atoms in total. The fourth-order valence-electron chi connectivity index (χ4n) is 4.80. The van der Waals surface area contributed by atoms with E-state index >= 15 is 0 Å². The summed E-state index contributed by atoms with van der Waals surface area (Å²) in [5, 5.41) is 1.68. The topological polar surface area (TPSA) is 67.4 Å². The van der Waals surface area contributed by atoms with Crippen LogP contribution in [-0.4, -0.2) is 58.5 Å². The fourth-order valence-corrected chi connectivity index (χ4v) is 6.15. The average molecular weight is 508 g/mol. The monoisotopic (exact) mass is 507 g/mol. The lowest BCUT2D eigenvalue weighted by Crippen LogP contribution is -2.43. The lowest BCUT2D eigenvalue weighted by Gasteiger charge is -2.32. The van der Waals surface area contributed by atoms with Crippen LogP contribution in [-0.2, 0) is 13.0 Å². The highest BCUT2D eigenvalue weighted by molar-refractivity contribution is 7.16. The maximum absolute atomic E-state index is 12.3. The van der Waals surface area contributed by atoms with Crippen LogP contribution in [0.15, 0.2) is 54.9 Å². The van der Waals surface area contributed by atoms with Gasteiger partial charge in [0.05, 0.1) is 15.9 Å². The number of rotatable bonds is 7. The summed E-state index contributed by atoms with van der Waals surface area (Å²) >= 11 is 7.85. The van der Waals surface area contributed by atoms with Crippen molar-refractivity contribution in [3.05, 3.63) is 81.4 Å². The summed E-state index contributed by atoms with van der Waals surface area (Å²) < 4.78 is 2.07. The highest BCUT2D eigenvalue weighted by atomic mass is 35.5. The maximum atomic E-state index is 12.3. The maximum Gasteiger partial charge on any atom is 0.259 e. The van der Waals surface area contributed by atoms with Crippen molar-refractivity contribution in [1.29, 1.82) is 0 Å². The molecule has 182 valence electrons. The number of benzene rings is 2. The zero-order valence-electron chi connectivity index (χ0n) is 20.1. The van der Waals surface area contributed by atoms with Crippen molar-refractivity contribution in [3.8, 4) is 5.00 Å². The third-order valence-electron chi connectivity index (χ3n) is 6.83. The van der Waals surface area contributed by atoms with Gasteiger partial charge in [-0.2, -0.15) is 0 Å². The molecule has 1 aliphatic rings. The van der Waals surface area contributed by atoms with E-state index in [1.807, 2.05) is 30.6 Å². The Balaban J connectivity index is 1.44.